The van der Waals surface area contributed by atoms with E-state index in [1.165, 1.54) is 11.3 Å². The van der Waals surface area contributed by atoms with Crippen molar-refractivity contribution in [1.29, 1.82) is 0 Å². The summed E-state index contributed by atoms with van der Waals surface area (Å²) in [6, 6.07) is 18.7. The van der Waals surface area contributed by atoms with Crippen molar-refractivity contribution in [2.24, 2.45) is 0 Å². The molecule has 274 valence electrons. The molecule has 0 bridgehead atoms. The second-order valence-electron chi connectivity index (χ2n) is 12.8. The van der Waals surface area contributed by atoms with Gasteiger partial charge in [-0.15, -0.1) is 11.6 Å². The lowest BCUT2D eigenvalue weighted by atomic mass is 10.1. The highest BCUT2D eigenvalue weighted by Gasteiger charge is 2.26. The van der Waals surface area contributed by atoms with Crippen molar-refractivity contribution in [3.63, 3.8) is 0 Å². The van der Waals surface area contributed by atoms with Crippen molar-refractivity contribution in [3.05, 3.63) is 76.9 Å². The summed E-state index contributed by atoms with van der Waals surface area (Å²) in [4.78, 5) is 16.8. The van der Waals surface area contributed by atoms with Crippen LogP contribution in [0.15, 0.2) is 54.6 Å². The molecule has 0 fully saturated rings. The number of anilines is 3. The Kier molecular flexibility index (Phi) is 16.2. The van der Waals surface area contributed by atoms with Gasteiger partial charge in [0.1, 0.15) is 6.61 Å². The van der Waals surface area contributed by atoms with Crippen molar-refractivity contribution in [2.45, 2.75) is 43.5 Å². The smallest absolute Gasteiger partial charge is 0.163 e. The summed E-state index contributed by atoms with van der Waals surface area (Å²) in [5.74, 6) is 1.42. The molecule has 0 spiro atoms. The van der Waals surface area contributed by atoms with E-state index < -0.39 is 0 Å². The van der Waals surface area contributed by atoms with Crippen LogP contribution in [0.4, 0.5) is 17.1 Å². The fraction of sp³-hybridized carbons (Fsp3) is 0.500. The minimum absolute atomic E-state index is 0.0104. The largest absolute Gasteiger partial charge is 0.493 e. The molecule has 0 radical (unpaired) electrons. The van der Waals surface area contributed by atoms with Gasteiger partial charge in [-0.3, -0.25) is 4.79 Å². The Bertz CT molecular complexity index is 1510. The van der Waals surface area contributed by atoms with Gasteiger partial charge < -0.3 is 38.8 Å². The number of rotatable bonds is 23. The molecule has 9 nitrogen and oxygen atoms in total. The fourth-order valence-corrected chi connectivity index (χ4v) is 8.37. The topological polar surface area (TPSA) is 81.7 Å². The van der Waals surface area contributed by atoms with Crippen molar-refractivity contribution >= 4 is 56.5 Å². The number of methoxy groups -OCH3 is 2. The van der Waals surface area contributed by atoms with E-state index in [-0.39, 0.29) is 10.8 Å². The lowest BCUT2D eigenvalue weighted by Gasteiger charge is -2.34. The van der Waals surface area contributed by atoms with Crippen molar-refractivity contribution < 1.29 is 28.5 Å². The van der Waals surface area contributed by atoms with Gasteiger partial charge in [0, 0.05) is 73.1 Å². The normalized spacial score (nSPS) is 14.1. The van der Waals surface area contributed by atoms with Gasteiger partial charge in [0.05, 0.1) is 46.2 Å². The first-order valence-corrected chi connectivity index (χ1v) is 20.0. The van der Waals surface area contributed by atoms with Gasteiger partial charge in [-0.25, -0.2) is 0 Å². The van der Waals surface area contributed by atoms with Crippen LogP contribution in [0.25, 0.3) is 0 Å². The molecule has 12 heteroatoms. The SMILES string of the molecule is COCCOCCOCCN(CC(C)(C)SSC)c1cc(CCl)cc(COc2cc(NCC3Cc4ccccc4N3C)c(C=O)cc2OC)c1. The van der Waals surface area contributed by atoms with E-state index in [2.05, 4.69) is 84.7 Å². The Hall–Kier alpha value is -2.80. The number of nitrogens with zero attached hydrogens (tertiary/aromatic N) is 2. The Morgan fingerprint density at radius 1 is 1.00 bits per heavy atom. The lowest BCUT2D eigenvalue weighted by Crippen LogP contribution is -2.38. The van der Waals surface area contributed by atoms with E-state index in [0.29, 0.717) is 81.4 Å². The third-order valence-electron chi connectivity index (χ3n) is 8.51. The zero-order valence-corrected chi connectivity index (χ0v) is 32.6. The van der Waals surface area contributed by atoms with E-state index in [0.717, 1.165) is 36.1 Å². The molecule has 0 saturated heterocycles. The Labute approximate surface area is 311 Å². The van der Waals surface area contributed by atoms with Crippen LogP contribution in [-0.4, -0.2) is 97.3 Å². The molecule has 0 saturated carbocycles. The van der Waals surface area contributed by atoms with Crippen LogP contribution in [0.1, 0.15) is 40.9 Å². The highest BCUT2D eigenvalue weighted by Crippen LogP contribution is 2.37. The maximum Gasteiger partial charge on any atom is 0.163 e. The number of para-hydroxylation sites is 1. The predicted octanol–water partition coefficient (Wildman–Crippen LogP) is 7.57. The second-order valence-corrected chi connectivity index (χ2v) is 16.1. The summed E-state index contributed by atoms with van der Waals surface area (Å²) in [6.07, 6.45) is 3.89. The van der Waals surface area contributed by atoms with Crippen LogP contribution in [-0.2, 0) is 33.1 Å². The van der Waals surface area contributed by atoms with Crippen LogP contribution >= 0.6 is 33.2 Å². The minimum atomic E-state index is -0.0104. The van der Waals surface area contributed by atoms with Gasteiger partial charge in [-0.1, -0.05) is 45.9 Å². The molecule has 1 unspecified atom stereocenters. The van der Waals surface area contributed by atoms with Gasteiger partial charge in [-0.05, 0) is 67.5 Å². The van der Waals surface area contributed by atoms with Gasteiger partial charge in [0.2, 0.25) is 0 Å². The van der Waals surface area contributed by atoms with Gasteiger partial charge in [-0.2, -0.15) is 0 Å². The Balaban J connectivity index is 1.48. The summed E-state index contributed by atoms with van der Waals surface area (Å²) >= 11 is 6.42. The third kappa shape index (κ3) is 11.6. The lowest BCUT2D eigenvalue weighted by molar-refractivity contribution is 0.0264. The first-order valence-electron chi connectivity index (χ1n) is 16.9. The van der Waals surface area contributed by atoms with Gasteiger partial charge >= 0.3 is 0 Å². The number of ether oxygens (including phenoxy) is 5. The number of halogens is 1. The molecule has 0 amide bonds. The number of aldehydes is 1. The molecule has 4 rings (SSSR count). The summed E-state index contributed by atoms with van der Waals surface area (Å²) in [5.41, 5.74) is 6.84. The van der Waals surface area contributed by atoms with Gasteiger partial charge in [0.15, 0.2) is 17.8 Å². The second kappa shape index (κ2) is 20.3. The Morgan fingerprint density at radius 2 is 1.74 bits per heavy atom. The number of carbonyl (C=O) groups is 1. The predicted molar refractivity (Wildman–Crippen MR) is 210 cm³/mol. The number of hydrogen-bond donors (Lipinski definition) is 1. The molecule has 3 aromatic carbocycles. The zero-order chi connectivity index (χ0) is 35.9. The summed E-state index contributed by atoms with van der Waals surface area (Å²) in [6.45, 7) is 9.73. The van der Waals surface area contributed by atoms with Crippen LogP contribution in [0.2, 0.25) is 0 Å². The van der Waals surface area contributed by atoms with Crippen molar-refractivity contribution in [2.75, 3.05) is 95.3 Å². The molecule has 1 aliphatic heterocycles. The molecular weight excluding hydrogens is 694 g/mol. The average molecular weight is 746 g/mol. The quantitative estimate of drug-likeness (QED) is 0.0452. The molecule has 1 atom stereocenters. The highest BCUT2D eigenvalue weighted by molar-refractivity contribution is 8.77. The minimum Gasteiger partial charge on any atom is -0.493 e. The van der Waals surface area contributed by atoms with Crippen LogP contribution in [0.5, 0.6) is 11.5 Å². The number of likely N-dealkylation sites (N-methyl/N-ethyl adjacent to an activating group) is 1. The molecular formula is C38H52ClN3O6S2. The molecule has 50 heavy (non-hydrogen) atoms. The number of benzene rings is 3. The summed E-state index contributed by atoms with van der Waals surface area (Å²) in [7, 11) is 8.98. The van der Waals surface area contributed by atoms with E-state index in [1.807, 2.05) is 16.9 Å². The van der Waals surface area contributed by atoms with E-state index in [1.54, 1.807) is 31.1 Å². The van der Waals surface area contributed by atoms with Crippen LogP contribution in [0.3, 0.4) is 0 Å². The number of fused-ring (bicyclic) bond motifs is 1. The highest BCUT2D eigenvalue weighted by atomic mass is 35.5. The third-order valence-corrected chi connectivity index (χ3v) is 11.4. The molecule has 1 aliphatic rings. The van der Waals surface area contributed by atoms with E-state index in [4.69, 9.17) is 35.3 Å². The maximum atomic E-state index is 12.1. The fourth-order valence-electron chi connectivity index (χ4n) is 6.05. The van der Waals surface area contributed by atoms with Crippen molar-refractivity contribution in [3.8, 4) is 11.5 Å². The standard InChI is InChI=1S/C38H52ClN3O6S2/c1-38(2,50-49-6)27-42(11-12-46-15-16-47-14-13-44-4)32-18-28(23-39)17-29(19-32)26-48-37-22-34(31(25-43)21-36(37)45-5)40-24-33-20-30-9-7-8-10-35(30)41(33)3/h7-10,17-19,21-22,25,33,40H,11-16,20,23-24,26-27H2,1-6H3. The first kappa shape index (κ1) is 40.0. The van der Waals surface area contributed by atoms with Crippen LogP contribution in [0, 0.1) is 0 Å². The maximum absolute atomic E-state index is 12.1. The number of nitrogens with one attached hydrogen (secondary N) is 1. The molecule has 1 N–H and O–H groups in total. The molecule has 3 aromatic rings. The van der Waals surface area contributed by atoms with Crippen molar-refractivity contribution in [1.82, 2.24) is 0 Å². The summed E-state index contributed by atoms with van der Waals surface area (Å²) in [5, 5.41) is 3.52. The molecule has 1 heterocycles. The van der Waals surface area contributed by atoms with E-state index >= 15 is 0 Å². The number of hydrogen-bond acceptors (Lipinski definition) is 11. The number of alkyl halides is 1. The summed E-state index contributed by atoms with van der Waals surface area (Å²) < 4.78 is 28.6. The van der Waals surface area contributed by atoms with Gasteiger partial charge in [0.25, 0.3) is 0 Å². The molecule has 0 aliphatic carbocycles. The Morgan fingerprint density at radius 3 is 2.44 bits per heavy atom. The molecule has 0 aromatic heterocycles. The monoisotopic (exact) mass is 745 g/mol. The first-order chi connectivity index (χ1) is 24.2. The zero-order valence-electron chi connectivity index (χ0n) is 30.2. The van der Waals surface area contributed by atoms with E-state index in [9.17, 15) is 4.79 Å². The van der Waals surface area contributed by atoms with Crippen LogP contribution < -0.4 is 24.6 Å². The average Bonchev–Trinajstić information content (AvgIpc) is 3.44. The number of carbonyl (C=O) groups excluding carboxylic acids is 1.